The van der Waals surface area contributed by atoms with Gasteiger partial charge in [-0.05, 0) is 35.7 Å². The number of rotatable bonds is 5. The molecule has 0 saturated heterocycles. The van der Waals surface area contributed by atoms with E-state index in [0.717, 1.165) is 34.0 Å². The van der Waals surface area contributed by atoms with Crippen LogP contribution in [0.1, 0.15) is 18.1 Å². The average Bonchev–Trinajstić information content (AvgIpc) is 2.96. The van der Waals surface area contributed by atoms with Gasteiger partial charge in [0, 0.05) is 6.26 Å². The van der Waals surface area contributed by atoms with Crippen molar-refractivity contribution in [2.45, 2.75) is 24.7 Å². The van der Waals surface area contributed by atoms with Gasteiger partial charge < -0.3 is 5.32 Å². The zero-order valence-electron chi connectivity index (χ0n) is 13.9. The molecule has 0 radical (unpaired) electrons. The highest BCUT2D eigenvalue weighted by atomic mass is 32.2. The number of hydrogen-bond donors (Lipinski definition) is 1. The first-order valence-corrected chi connectivity index (χ1v) is 10.5. The van der Waals surface area contributed by atoms with Gasteiger partial charge in [0.05, 0.1) is 21.5 Å². The number of amides is 1. The standard InChI is InChI=1S/C18H18N2O3S2/c1-3-13-5-4-6-15-17(13)20-18(24-15)19-16(21)11-12-7-9-14(10-8-12)25(2,22)23/h4-10H,3,11H2,1-2H3,(H,19,20,21). The van der Waals surface area contributed by atoms with Gasteiger partial charge in [-0.25, -0.2) is 13.4 Å². The van der Waals surface area contributed by atoms with Gasteiger partial charge in [0.25, 0.3) is 0 Å². The van der Waals surface area contributed by atoms with Gasteiger partial charge in [-0.2, -0.15) is 0 Å². The van der Waals surface area contributed by atoms with E-state index < -0.39 is 9.84 Å². The fourth-order valence-corrected chi connectivity index (χ4v) is 4.11. The largest absolute Gasteiger partial charge is 0.302 e. The zero-order valence-corrected chi connectivity index (χ0v) is 15.6. The van der Waals surface area contributed by atoms with Crippen molar-refractivity contribution in [2.75, 3.05) is 11.6 Å². The summed E-state index contributed by atoms with van der Waals surface area (Å²) in [6.45, 7) is 2.08. The Labute approximate surface area is 150 Å². The highest BCUT2D eigenvalue weighted by Gasteiger charge is 2.11. The molecule has 1 N–H and O–H groups in total. The van der Waals surface area contributed by atoms with Gasteiger partial charge in [0.15, 0.2) is 15.0 Å². The summed E-state index contributed by atoms with van der Waals surface area (Å²) in [7, 11) is -3.23. The summed E-state index contributed by atoms with van der Waals surface area (Å²) in [5.41, 5.74) is 2.84. The maximum atomic E-state index is 12.2. The third-order valence-electron chi connectivity index (χ3n) is 3.85. The van der Waals surface area contributed by atoms with Crippen molar-refractivity contribution in [2.24, 2.45) is 0 Å². The molecule has 0 aliphatic rings. The van der Waals surface area contributed by atoms with Crippen LogP contribution in [0.3, 0.4) is 0 Å². The van der Waals surface area contributed by atoms with Crippen LogP contribution in [0.4, 0.5) is 5.13 Å². The lowest BCUT2D eigenvalue weighted by molar-refractivity contribution is -0.115. The molecule has 0 spiro atoms. The smallest absolute Gasteiger partial charge is 0.230 e. The maximum absolute atomic E-state index is 12.2. The Hall–Kier alpha value is -2.25. The van der Waals surface area contributed by atoms with Crippen molar-refractivity contribution in [3.8, 4) is 0 Å². The van der Waals surface area contributed by atoms with Crippen LogP contribution in [0.2, 0.25) is 0 Å². The topological polar surface area (TPSA) is 76.1 Å². The molecule has 0 unspecified atom stereocenters. The second kappa shape index (κ2) is 6.93. The van der Waals surface area contributed by atoms with Crippen molar-refractivity contribution < 1.29 is 13.2 Å². The minimum atomic E-state index is -3.23. The number of aromatic nitrogens is 1. The summed E-state index contributed by atoms with van der Waals surface area (Å²) in [5, 5.41) is 3.40. The molecule has 0 aliphatic heterocycles. The van der Waals surface area contributed by atoms with E-state index in [2.05, 4.69) is 17.2 Å². The van der Waals surface area contributed by atoms with Gasteiger partial charge in [0.2, 0.25) is 5.91 Å². The quantitative estimate of drug-likeness (QED) is 0.742. The van der Waals surface area contributed by atoms with Crippen molar-refractivity contribution in [3.63, 3.8) is 0 Å². The van der Waals surface area contributed by atoms with Gasteiger partial charge in [-0.3, -0.25) is 4.79 Å². The van der Waals surface area contributed by atoms with Crippen LogP contribution in [0.25, 0.3) is 10.2 Å². The van der Waals surface area contributed by atoms with Gasteiger partial charge in [-0.15, -0.1) is 0 Å². The monoisotopic (exact) mass is 374 g/mol. The lowest BCUT2D eigenvalue weighted by Gasteiger charge is -2.03. The van der Waals surface area contributed by atoms with Crippen LogP contribution in [-0.4, -0.2) is 25.6 Å². The minimum absolute atomic E-state index is 0.167. The second-order valence-electron chi connectivity index (χ2n) is 5.78. The predicted octanol–water partition coefficient (Wildman–Crippen LogP) is 3.44. The maximum Gasteiger partial charge on any atom is 0.230 e. The fourth-order valence-electron chi connectivity index (χ4n) is 2.55. The van der Waals surface area contributed by atoms with Gasteiger partial charge in [0.1, 0.15) is 0 Å². The highest BCUT2D eigenvalue weighted by Crippen LogP contribution is 2.28. The lowest BCUT2D eigenvalue weighted by Crippen LogP contribution is -2.14. The van der Waals surface area contributed by atoms with E-state index in [1.54, 1.807) is 12.1 Å². The number of anilines is 1. The van der Waals surface area contributed by atoms with Gasteiger partial charge >= 0.3 is 0 Å². The lowest BCUT2D eigenvalue weighted by atomic mass is 10.1. The Kier molecular flexibility index (Phi) is 4.87. The van der Waals surface area contributed by atoms with Crippen LogP contribution in [0, 0.1) is 0 Å². The first-order valence-electron chi connectivity index (χ1n) is 7.84. The van der Waals surface area contributed by atoms with E-state index in [1.165, 1.54) is 23.5 Å². The number of nitrogens with one attached hydrogen (secondary N) is 1. The van der Waals surface area contributed by atoms with E-state index >= 15 is 0 Å². The SMILES string of the molecule is CCc1cccc2sc(NC(=O)Cc3ccc(S(C)(=O)=O)cc3)nc12. The molecule has 2 aromatic carbocycles. The van der Waals surface area contributed by atoms with E-state index in [1.807, 2.05) is 18.2 Å². The Morgan fingerprint density at radius 3 is 2.52 bits per heavy atom. The average molecular weight is 374 g/mol. The molecule has 0 saturated carbocycles. The second-order valence-corrected chi connectivity index (χ2v) is 8.82. The summed E-state index contributed by atoms with van der Waals surface area (Å²) in [6.07, 6.45) is 2.22. The van der Waals surface area contributed by atoms with Crippen LogP contribution in [-0.2, 0) is 27.5 Å². The third-order valence-corrected chi connectivity index (χ3v) is 5.91. The number of nitrogens with zero attached hydrogens (tertiary/aromatic N) is 1. The Morgan fingerprint density at radius 2 is 1.88 bits per heavy atom. The van der Waals surface area contributed by atoms with E-state index in [0.29, 0.717) is 5.13 Å². The molecule has 3 rings (SSSR count). The first kappa shape index (κ1) is 17.6. The van der Waals surface area contributed by atoms with Gasteiger partial charge in [-0.1, -0.05) is 42.5 Å². The highest BCUT2D eigenvalue weighted by molar-refractivity contribution is 7.90. The van der Waals surface area contributed by atoms with Crippen molar-refractivity contribution in [3.05, 3.63) is 53.6 Å². The first-order chi connectivity index (χ1) is 11.9. The number of benzene rings is 2. The number of fused-ring (bicyclic) bond motifs is 1. The van der Waals surface area contributed by atoms with Crippen molar-refractivity contribution >= 4 is 42.4 Å². The Bertz CT molecular complexity index is 1020. The molecule has 0 atom stereocenters. The molecule has 0 fully saturated rings. The molecule has 1 heterocycles. The number of para-hydroxylation sites is 1. The van der Waals surface area contributed by atoms with Crippen LogP contribution < -0.4 is 5.32 Å². The summed E-state index contributed by atoms with van der Waals surface area (Å²) in [4.78, 5) is 17.0. The molecule has 7 heteroatoms. The molecule has 5 nitrogen and oxygen atoms in total. The number of thiazole rings is 1. The number of carbonyl (C=O) groups is 1. The molecular weight excluding hydrogens is 356 g/mol. The fraction of sp³-hybridized carbons (Fsp3) is 0.222. The van der Waals surface area contributed by atoms with E-state index in [-0.39, 0.29) is 17.2 Å². The van der Waals surface area contributed by atoms with Crippen LogP contribution >= 0.6 is 11.3 Å². The predicted molar refractivity (Wildman–Crippen MR) is 101 cm³/mol. The summed E-state index contributed by atoms with van der Waals surface area (Å²) in [5.74, 6) is -0.177. The van der Waals surface area contributed by atoms with Crippen LogP contribution in [0.5, 0.6) is 0 Å². The number of sulfone groups is 1. The zero-order chi connectivity index (χ0) is 18.0. The summed E-state index contributed by atoms with van der Waals surface area (Å²) in [6, 6.07) is 12.4. The molecule has 130 valence electrons. The van der Waals surface area contributed by atoms with E-state index in [4.69, 9.17) is 0 Å². The van der Waals surface area contributed by atoms with Crippen LogP contribution in [0.15, 0.2) is 47.4 Å². The van der Waals surface area contributed by atoms with Crippen molar-refractivity contribution in [1.82, 2.24) is 4.98 Å². The molecule has 0 aliphatic carbocycles. The normalized spacial score (nSPS) is 11.6. The molecular formula is C18H18N2O3S2. The molecule has 3 aromatic rings. The van der Waals surface area contributed by atoms with E-state index in [9.17, 15) is 13.2 Å². The summed E-state index contributed by atoms with van der Waals surface area (Å²) < 4.78 is 24.0. The third kappa shape index (κ3) is 4.05. The van der Waals surface area contributed by atoms with Crippen molar-refractivity contribution in [1.29, 1.82) is 0 Å². The molecule has 25 heavy (non-hydrogen) atoms. The molecule has 0 bridgehead atoms. The number of hydrogen-bond acceptors (Lipinski definition) is 5. The Morgan fingerprint density at radius 1 is 1.16 bits per heavy atom. The summed E-state index contributed by atoms with van der Waals surface area (Å²) >= 11 is 1.45. The minimum Gasteiger partial charge on any atom is -0.302 e. The number of aryl methyl sites for hydroxylation is 1. The number of carbonyl (C=O) groups excluding carboxylic acids is 1. The molecule has 1 aromatic heterocycles. The molecule has 1 amide bonds. The Balaban J connectivity index is 1.72.